The average molecular weight is 711 g/mol. The Kier molecular flexibility index (Phi) is 10.6. The number of carboxylic acid groups (broad SMARTS) is 1. The molecule has 4 saturated carbocycles. The molecule has 0 aromatic rings. The third kappa shape index (κ3) is 6.43. The van der Waals surface area contributed by atoms with Crippen molar-refractivity contribution in [1.82, 2.24) is 10.2 Å². The van der Waals surface area contributed by atoms with Crippen molar-refractivity contribution in [3.05, 3.63) is 11.1 Å². The van der Waals surface area contributed by atoms with Crippen molar-refractivity contribution in [1.29, 1.82) is 0 Å². The topological polar surface area (TPSA) is 113 Å². The first kappa shape index (κ1) is 40.0. The summed E-state index contributed by atoms with van der Waals surface area (Å²) in [7, 11) is 1.70. The lowest BCUT2D eigenvalue weighted by Crippen LogP contribution is -2.65. The number of aliphatic carboxylic acids is 1. The Morgan fingerprint density at radius 3 is 2.18 bits per heavy atom. The second-order valence-corrected chi connectivity index (χ2v) is 20.2. The molecule has 2 unspecified atom stereocenters. The van der Waals surface area contributed by atoms with Crippen molar-refractivity contribution in [2.45, 2.75) is 159 Å². The Morgan fingerprint density at radius 2 is 1.59 bits per heavy atom. The van der Waals surface area contributed by atoms with E-state index in [0.29, 0.717) is 36.5 Å². The highest BCUT2D eigenvalue weighted by Gasteiger charge is 2.70. The van der Waals surface area contributed by atoms with Gasteiger partial charge < -0.3 is 15.2 Å². The van der Waals surface area contributed by atoms with E-state index in [-0.39, 0.29) is 57.5 Å². The molecule has 2 N–H and O–H groups in total. The maximum absolute atomic E-state index is 14.1. The lowest BCUT2D eigenvalue weighted by molar-refractivity contribution is -0.233. The molecule has 4 fully saturated rings. The van der Waals surface area contributed by atoms with E-state index in [9.17, 15) is 24.3 Å². The van der Waals surface area contributed by atoms with Crippen molar-refractivity contribution in [2.75, 3.05) is 20.1 Å². The summed E-state index contributed by atoms with van der Waals surface area (Å²) in [5.74, 6) is 0.501. The zero-order valence-corrected chi connectivity index (χ0v) is 34.1. The quantitative estimate of drug-likeness (QED) is 0.208. The van der Waals surface area contributed by atoms with Crippen LogP contribution in [0.4, 0.5) is 0 Å². The minimum Gasteiger partial charge on any atom is -0.481 e. The normalized spacial score (nSPS) is 37.5. The first-order valence-corrected chi connectivity index (χ1v) is 20.2. The summed E-state index contributed by atoms with van der Waals surface area (Å²) in [6.45, 7) is 25.4. The van der Waals surface area contributed by atoms with Crippen molar-refractivity contribution in [2.24, 2.45) is 56.2 Å². The van der Waals surface area contributed by atoms with E-state index in [2.05, 4.69) is 72.5 Å². The number of ether oxygens (including phenoxy) is 1. The van der Waals surface area contributed by atoms with Crippen LogP contribution in [0.15, 0.2) is 11.1 Å². The fourth-order valence-corrected chi connectivity index (χ4v) is 13.0. The summed E-state index contributed by atoms with van der Waals surface area (Å²) in [5, 5.41) is 12.4. The van der Waals surface area contributed by atoms with Crippen molar-refractivity contribution in [3.63, 3.8) is 0 Å². The van der Waals surface area contributed by atoms with Gasteiger partial charge >= 0.3 is 11.9 Å². The number of rotatable bonds is 11. The first-order chi connectivity index (χ1) is 23.5. The lowest BCUT2D eigenvalue weighted by atomic mass is 9.33. The number of carbonyl (C=O) groups excluding carboxylic acids is 3. The van der Waals surface area contributed by atoms with Gasteiger partial charge in [-0.1, -0.05) is 54.0 Å². The summed E-state index contributed by atoms with van der Waals surface area (Å²) >= 11 is 0. The number of esters is 1. The number of Topliss-reactive ketones (excluding diaryl/α,β-unsaturated/α-hetero) is 1. The van der Waals surface area contributed by atoms with Gasteiger partial charge in [0.1, 0.15) is 6.10 Å². The Bertz CT molecular complexity index is 1450. The number of nitrogens with zero attached hydrogens (tertiary/aromatic N) is 1. The van der Waals surface area contributed by atoms with Gasteiger partial charge in [-0.2, -0.15) is 0 Å². The lowest BCUT2D eigenvalue weighted by Gasteiger charge is -2.72. The van der Waals surface area contributed by atoms with E-state index in [1.54, 1.807) is 20.9 Å². The van der Waals surface area contributed by atoms with Crippen LogP contribution in [-0.4, -0.2) is 65.9 Å². The van der Waals surface area contributed by atoms with Crippen LogP contribution in [0.1, 0.15) is 147 Å². The SMILES string of the molecule is CNC(=O)CN(CC[C@@]12CC[C@]3(C)[C@H](CCC4[C@@]5(C)CC[C@H](OC(=O)CC(C)(C)C(=O)O)C(C)(C)C5CC[C@]43C)C1=C(C(C)C)C(=O)C2)C(C)C. The highest BCUT2D eigenvalue weighted by atomic mass is 16.5. The number of likely N-dealkylation sites (N-methyl/N-ethyl adjacent to an activating group) is 1. The number of ketones is 1. The number of hydrogen-bond donors (Lipinski definition) is 2. The Hall–Kier alpha value is -2.22. The molecule has 0 saturated heterocycles. The van der Waals surface area contributed by atoms with Crippen LogP contribution in [0.5, 0.6) is 0 Å². The van der Waals surface area contributed by atoms with Crippen LogP contribution in [0.2, 0.25) is 0 Å². The van der Waals surface area contributed by atoms with E-state index in [0.717, 1.165) is 69.9 Å². The van der Waals surface area contributed by atoms with E-state index >= 15 is 0 Å². The number of carbonyl (C=O) groups is 4. The molecule has 0 bridgehead atoms. The molecule has 0 aliphatic heterocycles. The average Bonchev–Trinajstić information content (AvgIpc) is 3.32. The molecule has 1 amide bonds. The zero-order chi connectivity index (χ0) is 38.1. The highest BCUT2D eigenvalue weighted by molar-refractivity contribution is 6.00. The number of allylic oxidation sites excluding steroid dienone is 2. The van der Waals surface area contributed by atoms with Crippen LogP contribution in [0, 0.1) is 56.2 Å². The van der Waals surface area contributed by atoms with Gasteiger partial charge in [-0.05, 0) is 138 Å². The second-order valence-electron chi connectivity index (χ2n) is 20.2. The van der Waals surface area contributed by atoms with Crippen LogP contribution in [-0.2, 0) is 23.9 Å². The number of nitrogens with one attached hydrogen (secondary N) is 1. The third-order valence-corrected chi connectivity index (χ3v) is 16.2. The smallest absolute Gasteiger partial charge is 0.309 e. The molecule has 5 aliphatic rings. The molecular weight excluding hydrogens is 640 g/mol. The molecule has 8 nitrogen and oxygen atoms in total. The van der Waals surface area contributed by atoms with Crippen LogP contribution < -0.4 is 5.32 Å². The zero-order valence-electron chi connectivity index (χ0n) is 34.1. The van der Waals surface area contributed by atoms with Gasteiger partial charge in [-0.25, -0.2) is 0 Å². The van der Waals surface area contributed by atoms with Crippen LogP contribution in [0.3, 0.4) is 0 Å². The Morgan fingerprint density at radius 1 is 0.922 bits per heavy atom. The number of fused-ring (bicyclic) bond motifs is 7. The molecular formula is C43H70N2O6. The maximum Gasteiger partial charge on any atom is 0.309 e. The second kappa shape index (κ2) is 13.6. The molecule has 8 atom stereocenters. The van der Waals surface area contributed by atoms with Gasteiger partial charge in [-0.15, -0.1) is 0 Å². The predicted octanol–water partition coefficient (Wildman–Crippen LogP) is 8.23. The standard InChI is InChI=1S/C43H70N2O6/c1-26(2)35-29(46)23-43(21-22-45(27(3)4)25-33(47)44-12)20-19-41(10)28(36(35)43)13-14-31-40(9)17-16-32(51-34(48)24-38(5,6)37(49)50)39(7,8)30(40)15-18-42(31,41)11/h26-28,30-32H,13-25H2,1-12H3,(H,44,47)(H,49,50)/t28-,30?,31?,32+,40+,41-,42-,43-/m1/s1. The van der Waals surface area contributed by atoms with E-state index < -0.39 is 17.4 Å². The number of carboxylic acids is 1. The first-order valence-electron chi connectivity index (χ1n) is 20.2. The minimum atomic E-state index is -1.16. The summed E-state index contributed by atoms with van der Waals surface area (Å²) in [5.41, 5.74) is 1.39. The maximum atomic E-state index is 14.1. The monoisotopic (exact) mass is 711 g/mol. The molecule has 0 heterocycles. The summed E-state index contributed by atoms with van der Waals surface area (Å²) in [6, 6.07) is 0.242. The van der Waals surface area contributed by atoms with Gasteiger partial charge in [0, 0.05) is 30.3 Å². The summed E-state index contributed by atoms with van der Waals surface area (Å²) < 4.78 is 6.17. The van der Waals surface area contributed by atoms with Crippen molar-refractivity contribution in [3.8, 4) is 0 Å². The fourth-order valence-electron chi connectivity index (χ4n) is 13.0. The van der Waals surface area contributed by atoms with E-state index in [1.165, 1.54) is 5.57 Å². The van der Waals surface area contributed by atoms with Gasteiger partial charge in [0.15, 0.2) is 5.78 Å². The summed E-state index contributed by atoms with van der Waals surface area (Å²) in [6.07, 6.45) is 9.59. The van der Waals surface area contributed by atoms with Gasteiger partial charge in [0.2, 0.25) is 5.91 Å². The Balaban J connectivity index is 1.43. The van der Waals surface area contributed by atoms with Gasteiger partial charge in [-0.3, -0.25) is 24.1 Å². The minimum absolute atomic E-state index is 0.0337. The van der Waals surface area contributed by atoms with Crippen molar-refractivity contribution < 1.29 is 29.0 Å². The molecule has 0 aromatic carbocycles. The van der Waals surface area contributed by atoms with E-state index in [4.69, 9.17) is 4.74 Å². The van der Waals surface area contributed by atoms with Gasteiger partial charge in [0.25, 0.3) is 0 Å². The molecule has 5 rings (SSSR count). The Labute approximate surface area is 308 Å². The molecule has 288 valence electrons. The van der Waals surface area contributed by atoms with Crippen LogP contribution >= 0.6 is 0 Å². The molecule has 0 radical (unpaired) electrons. The molecule has 0 spiro atoms. The number of amides is 1. The molecule has 8 heteroatoms. The van der Waals surface area contributed by atoms with Crippen LogP contribution in [0.25, 0.3) is 0 Å². The summed E-state index contributed by atoms with van der Waals surface area (Å²) in [4.78, 5) is 53.6. The van der Waals surface area contributed by atoms with E-state index in [1.807, 2.05) is 0 Å². The van der Waals surface area contributed by atoms with Crippen molar-refractivity contribution >= 4 is 23.6 Å². The molecule has 5 aliphatic carbocycles. The fraction of sp³-hybridized carbons (Fsp3) is 0.860. The largest absolute Gasteiger partial charge is 0.481 e. The molecule has 51 heavy (non-hydrogen) atoms. The highest BCUT2D eigenvalue weighted by Crippen LogP contribution is 2.77. The number of hydrogen-bond acceptors (Lipinski definition) is 6. The molecule has 0 aromatic heterocycles. The predicted molar refractivity (Wildman–Crippen MR) is 201 cm³/mol. The van der Waals surface area contributed by atoms with Gasteiger partial charge in [0.05, 0.1) is 18.4 Å². The third-order valence-electron chi connectivity index (χ3n) is 16.2.